The van der Waals surface area contributed by atoms with Gasteiger partial charge in [0, 0.05) is 24.8 Å². The molecule has 2 bridgehead atoms. The summed E-state index contributed by atoms with van der Waals surface area (Å²) in [6, 6.07) is 5.08. The Bertz CT molecular complexity index is 1590. The van der Waals surface area contributed by atoms with Gasteiger partial charge in [0.05, 0.1) is 33.1 Å². The molecular formula is C32H37Cl2FN6O3. The molecule has 0 saturated carbocycles. The minimum absolute atomic E-state index is 0.0209. The SMILES string of the molecule is CC(C)(C)OC(=O)N1[C@@H]2CC[C@H]1CN(c1nc(OCC34CCCN3CCC4)nc3c(F)c(-c4cccc(Cl)c4Cl)ncc13)C2. The lowest BCUT2D eigenvalue weighted by Crippen LogP contribution is -2.57. The second-order valence-electron chi connectivity index (χ2n) is 13.5. The third kappa shape index (κ3) is 5.22. The number of carbonyl (C=O) groups is 1. The van der Waals surface area contributed by atoms with Gasteiger partial charge < -0.3 is 14.4 Å². The quantitative estimate of drug-likeness (QED) is 0.303. The molecule has 2 aromatic heterocycles. The van der Waals surface area contributed by atoms with Crippen molar-refractivity contribution >= 4 is 46.0 Å². The molecule has 1 aromatic carbocycles. The zero-order valence-corrected chi connectivity index (χ0v) is 26.8. The standard InChI is InChI=1S/C32H37Cl2FN6O3/c1-31(2,3)44-30(42)41-19-9-10-20(41)17-39(16-19)28-22-15-36-26(21-7-4-8-23(33)24(21)34)25(35)27(22)37-29(38-28)43-18-32-11-5-13-40(32)14-6-12-32/h4,7-8,15,19-20H,5-6,9-14,16-18H2,1-3H3/t19-,20+. The van der Waals surface area contributed by atoms with E-state index in [-0.39, 0.29) is 46.0 Å². The topological polar surface area (TPSA) is 83.9 Å². The molecular weight excluding hydrogens is 606 g/mol. The first-order valence-electron chi connectivity index (χ1n) is 15.5. The van der Waals surface area contributed by atoms with Crippen LogP contribution in [0.5, 0.6) is 6.01 Å². The van der Waals surface area contributed by atoms with Crippen LogP contribution in [-0.2, 0) is 4.74 Å². The van der Waals surface area contributed by atoms with E-state index in [0.29, 0.717) is 41.5 Å². The van der Waals surface area contributed by atoms with Crippen LogP contribution in [0.3, 0.4) is 0 Å². The Morgan fingerprint density at radius 1 is 1.09 bits per heavy atom. The van der Waals surface area contributed by atoms with Crippen LogP contribution in [0.2, 0.25) is 10.0 Å². The van der Waals surface area contributed by atoms with Gasteiger partial charge in [-0.1, -0.05) is 35.3 Å². The molecule has 0 aliphatic carbocycles. The first-order chi connectivity index (χ1) is 21.0. The zero-order chi connectivity index (χ0) is 30.8. The smallest absolute Gasteiger partial charge is 0.410 e. The molecule has 0 unspecified atom stereocenters. The van der Waals surface area contributed by atoms with E-state index in [1.54, 1.807) is 24.4 Å². The third-order valence-corrected chi connectivity index (χ3v) is 10.3. The molecule has 0 radical (unpaired) electrons. The number of benzene rings is 1. The summed E-state index contributed by atoms with van der Waals surface area (Å²) in [5, 5.41) is 1.01. The molecule has 4 aliphatic rings. The summed E-state index contributed by atoms with van der Waals surface area (Å²) >= 11 is 12.7. The Morgan fingerprint density at radius 3 is 2.48 bits per heavy atom. The lowest BCUT2D eigenvalue weighted by atomic mass is 9.95. The average molecular weight is 644 g/mol. The zero-order valence-electron chi connectivity index (χ0n) is 25.3. The van der Waals surface area contributed by atoms with Crippen LogP contribution in [0.1, 0.15) is 59.3 Å². The highest BCUT2D eigenvalue weighted by atomic mass is 35.5. The highest BCUT2D eigenvalue weighted by molar-refractivity contribution is 6.43. The van der Waals surface area contributed by atoms with E-state index in [1.165, 1.54) is 0 Å². The molecule has 44 heavy (non-hydrogen) atoms. The molecule has 12 heteroatoms. The third-order valence-electron chi connectivity index (χ3n) is 9.52. The van der Waals surface area contributed by atoms with Gasteiger partial charge in [0.1, 0.15) is 29.2 Å². The van der Waals surface area contributed by atoms with Gasteiger partial charge >= 0.3 is 12.1 Å². The number of nitrogens with zero attached hydrogens (tertiary/aromatic N) is 6. The van der Waals surface area contributed by atoms with E-state index in [2.05, 4.69) is 19.8 Å². The van der Waals surface area contributed by atoms with Crippen molar-refractivity contribution in [1.82, 2.24) is 24.8 Å². The lowest BCUT2D eigenvalue weighted by Gasteiger charge is -2.42. The Labute approximate surface area is 266 Å². The molecule has 4 fully saturated rings. The van der Waals surface area contributed by atoms with Crippen molar-refractivity contribution in [3.63, 3.8) is 0 Å². The molecule has 7 rings (SSSR count). The number of piperazine rings is 1. The van der Waals surface area contributed by atoms with Crippen LogP contribution in [0, 0.1) is 5.82 Å². The van der Waals surface area contributed by atoms with Crippen molar-refractivity contribution in [3.8, 4) is 17.3 Å². The second-order valence-corrected chi connectivity index (χ2v) is 14.3. The summed E-state index contributed by atoms with van der Waals surface area (Å²) in [7, 11) is 0. The predicted molar refractivity (Wildman–Crippen MR) is 168 cm³/mol. The van der Waals surface area contributed by atoms with E-state index in [1.807, 2.05) is 25.7 Å². The fourth-order valence-corrected chi connectivity index (χ4v) is 7.94. The molecule has 2 atom stereocenters. The number of fused-ring (bicyclic) bond motifs is 4. The van der Waals surface area contributed by atoms with Gasteiger partial charge in [-0.3, -0.25) is 14.8 Å². The van der Waals surface area contributed by atoms with Crippen molar-refractivity contribution < 1.29 is 18.7 Å². The maximum Gasteiger partial charge on any atom is 0.410 e. The number of hydrogen-bond donors (Lipinski definition) is 0. The number of halogens is 3. The van der Waals surface area contributed by atoms with Gasteiger partial charge in [-0.2, -0.15) is 9.97 Å². The summed E-state index contributed by atoms with van der Waals surface area (Å²) in [4.78, 5) is 33.6. The highest BCUT2D eigenvalue weighted by Crippen LogP contribution is 2.41. The first-order valence-corrected chi connectivity index (χ1v) is 16.2. The van der Waals surface area contributed by atoms with Crippen LogP contribution < -0.4 is 9.64 Å². The van der Waals surface area contributed by atoms with E-state index in [4.69, 9.17) is 37.7 Å². The predicted octanol–water partition coefficient (Wildman–Crippen LogP) is 6.73. The van der Waals surface area contributed by atoms with E-state index < -0.39 is 11.4 Å². The van der Waals surface area contributed by atoms with E-state index in [9.17, 15) is 4.79 Å². The second kappa shape index (κ2) is 11.1. The average Bonchev–Trinajstić information content (AvgIpc) is 3.63. The van der Waals surface area contributed by atoms with Crippen molar-refractivity contribution in [2.24, 2.45) is 0 Å². The maximum atomic E-state index is 16.4. The minimum atomic E-state index is -0.614. The van der Waals surface area contributed by atoms with Crippen LogP contribution in [0.4, 0.5) is 15.0 Å². The summed E-state index contributed by atoms with van der Waals surface area (Å²) in [5.74, 6) is -0.0647. The molecule has 3 aromatic rings. The number of amides is 1. The van der Waals surface area contributed by atoms with Gasteiger partial charge in [-0.05, 0) is 78.5 Å². The normalized spacial score (nSPS) is 23.0. The number of aromatic nitrogens is 3. The summed E-state index contributed by atoms with van der Waals surface area (Å²) in [6.45, 7) is 9.28. The van der Waals surface area contributed by atoms with E-state index in [0.717, 1.165) is 51.6 Å². The molecule has 0 N–H and O–H groups in total. The first kappa shape index (κ1) is 29.7. The van der Waals surface area contributed by atoms with Crippen LogP contribution in [-0.4, -0.2) is 86.9 Å². The fourth-order valence-electron chi connectivity index (χ4n) is 7.55. The lowest BCUT2D eigenvalue weighted by molar-refractivity contribution is 0.0122. The van der Waals surface area contributed by atoms with Gasteiger partial charge in [0.25, 0.3) is 0 Å². The number of hydrogen-bond acceptors (Lipinski definition) is 8. The number of pyridine rings is 1. The van der Waals surface area contributed by atoms with Crippen molar-refractivity contribution in [1.29, 1.82) is 0 Å². The minimum Gasteiger partial charge on any atom is -0.461 e. The van der Waals surface area contributed by atoms with Gasteiger partial charge in [-0.25, -0.2) is 9.18 Å². The van der Waals surface area contributed by atoms with Crippen LogP contribution in [0.15, 0.2) is 24.4 Å². The molecule has 9 nitrogen and oxygen atoms in total. The monoisotopic (exact) mass is 642 g/mol. The van der Waals surface area contributed by atoms with Crippen molar-refractivity contribution in [2.75, 3.05) is 37.7 Å². The number of carbonyl (C=O) groups excluding carboxylic acids is 1. The molecule has 6 heterocycles. The maximum absolute atomic E-state index is 16.4. The molecule has 4 saturated heterocycles. The Kier molecular flexibility index (Phi) is 7.53. The number of rotatable bonds is 5. The largest absolute Gasteiger partial charge is 0.461 e. The van der Waals surface area contributed by atoms with Crippen molar-refractivity contribution in [2.45, 2.75) is 82.5 Å². The summed E-state index contributed by atoms with van der Waals surface area (Å²) in [5.41, 5.74) is -0.0422. The molecule has 234 valence electrons. The Hall–Kier alpha value is -2.95. The molecule has 4 aliphatic heterocycles. The van der Waals surface area contributed by atoms with E-state index >= 15 is 4.39 Å². The highest BCUT2D eigenvalue weighted by Gasteiger charge is 2.46. The Balaban J connectivity index is 1.27. The molecule has 0 spiro atoms. The van der Waals surface area contributed by atoms with Gasteiger partial charge in [0.2, 0.25) is 0 Å². The van der Waals surface area contributed by atoms with Gasteiger partial charge in [0.15, 0.2) is 5.82 Å². The molecule has 1 amide bonds. The van der Waals surface area contributed by atoms with Crippen molar-refractivity contribution in [3.05, 3.63) is 40.3 Å². The van der Waals surface area contributed by atoms with Crippen LogP contribution >= 0.6 is 23.2 Å². The van der Waals surface area contributed by atoms with Crippen LogP contribution in [0.25, 0.3) is 22.2 Å². The summed E-state index contributed by atoms with van der Waals surface area (Å²) < 4.78 is 28.5. The number of ether oxygens (including phenoxy) is 2. The van der Waals surface area contributed by atoms with Gasteiger partial charge in [-0.15, -0.1) is 0 Å². The fraction of sp³-hybridized carbons (Fsp3) is 0.562. The Morgan fingerprint density at radius 2 is 1.80 bits per heavy atom. The number of anilines is 1. The summed E-state index contributed by atoms with van der Waals surface area (Å²) in [6.07, 6.45) is 7.43.